The molecule has 2 N–H and O–H groups in total. The molecule has 1 aromatic carbocycles. The molecule has 2 rings (SSSR count). The van der Waals surface area contributed by atoms with Crippen molar-refractivity contribution in [3.8, 4) is 5.75 Å². The van der Waals surface area contributed by atoms with Crippen LogP contribution < -0.4 is 10.5 Å². The monoisotopic (exact) mass is 277 g/mol. The normalized spacial score (nSPS) is 12.4. The molecule has 0 bridgehead atoms. The van der Waals surface area contributed by atoms with Gasteiger partial charge in [0, 0.05) is 6.54 Å². The smallest absolute Gasteiger partial charge is 0.165 e. The number of benzene rings is 1. The summed E-state index contributed by atoms with van der Waals surface area (Å²) >= 11 is 0. The molecule has 20 heavy (non-hydrogen) atoms. The third-order valence-corrected chi connectivity index (χ3v) is 3.38. The lowest BCUT2D eigenvalue weighted by atomic mass is 10.0. The zero-order valence-corrected chi connectivity index (χ0v) is 12.1. The van der Waals surface area contributed by atoms with Gasteiger partial charge >= 0.3 is 0 Å². The molecule has 1 unspecified atom stereocenters. The molecule has 0 radical (unpaired) electrons. The Kier molecular flexibility index (Phi) is 4.39. The molecule has 1 aromatic heterocycles. The summed E-state index contributed by atoms with van der Waals surface area (Å²) in [7, 11) is 1.44. The fraction of sp³-hybridized carbons (Fsp3) is 0.400. The van der Waals surface area contributed by atoms with Crippen molar-refractivity contribution in [3.05, 3.63) is 47.0 Å². The van der Waals surface area contributed by atoms with Crippen LogP contribution in [-0.2, 0) is 13.0 Å². The minimum Gasteiger partial charge on any atom is -0.494 e. The summed E-state index contributed by atoms with van der Waals surface area (Å²) in [5.41, 5.74) is 8.85. The SMILES string of the molecule is CCc1cc(C(N)c2ccc(OC)c(F)c2)n(CC)n1. The van der Waals surface area contributed by atoms with Gasteiger partial charge in [-0.15, -0.1) is 0 Å². The van der Waals surface area contributed by atoms with E-state index in [1.165, 1.54) is 13.2 Å². The van der Waals surface area contributed by atoms with E-state index in [1.54, 1.807) is 12.1 Å². The molecule has 5 heteroatoms. The molecule has 4 nitrogen and oxygen atoms in total. The number of aryl methyl sites for hydroxylation is 2. The second-order valence-corrected chi connectivity index (χ2v) is 4.60. The Morgan fingerprint density at radius 3 is 2.65 bits per heavy atom. The van der Waals surface area contributed by atoms with Crippen LogP contribution in [0.2, 0.25) is 0 Å². The van der Waals surface area contributed by atoms with Crippen molar-refractivity contribution in [2.75, 3.05) is 7.11 Å². The van der Waals surface area contributed by atoms with Gasteiger partial charge in [-0.3, -0.25) is 4.68 Å². The van der Waals surface area contributed by atoms with E-state index in [1.807, 2.05) is 24.6 Å². The Bertz CT molecular complexity index is 595. The quantitative estimate of drug-likeness (QED) is 0.914. The lowest BCUT2D eigenvalue weighted by molar-refractivity contribution is 0.386. The van der Waals surface area contributed by atoms with E-state index in [-0.39, 0.29) is 5.75 Å². The van der Waals surface area contributed by atoms with Crippen molar-refractivity contribution in [1.29, 1.82) is 0 Å². The molecule has 2 aromatic rings. The average molecular weight is 277 g/mol. The summed E-state index contributed by atoms with van der Waals surface area (Å²) in [4.78, 5) is 0. The molecule has 1 atom stereocenters. The number of hydrogen-bond acceptors (Lipinski definition) is 3. The minimum absolute atomic E-state index is 0.221. The molecule has 0 amide bonds. The van der Waals surface area contributed by atoms with Gasteiger partial charge in [-0.1, -0.05) is 13.0 Å². The molecule has 1 heterocycles. The van der Waals surface area contributed by atoms with Crippen LogP contribution in [0.3, 0.4) is 0 Å². The number of ether oxygens (including phenoxy) is 1. The van der Waals surface area contributed by atoms with Crippen LogP contribution in [-0.4, -0.2) is 16.9 Å². The van der Waals surface area contributed by atoms with Crippen molar-refractivity contribution in [2.45, 2.75) is 32.9 Å². The summed E-state index contributed by atoms with van der Waals surface area (Å²) in [6.45, 7) is 4.80. The van der Waals surface area contributed by atoms with Crippen LogP contribution in [0.15, 0.2) is 24.3 Å². The summed E-state index contributed by atoms with van der Waals surface area (Å²) in [6.07, 6.45) is 0.851. The van der Waals surface area contributed by atoms with Crippen molar-refractivity contribution in [3.63, 3.8) is 0 Å². The predicted molar refractivity (Wildman–Crippen MR) is 76.3 cm³/mol. The van der Waals surface area contributed by atoms with Gasteiger partial charge in [0.05, 0.1) is 24.5 Å². The third kappa shape index (κ3) is 2.67. The fourth-order valence-corrected chi connectivity index (χ4v) is 2.21. The summed E-state index contributed by atoms with van der Waals surface area (Å²) < 4.78 is 20.6. The molecule has 108 valence electrons. The molecule has 0 fully saturated rings. The van der Waals surface area contributed by atoms with E-state index < -0.39 is 11.9 Å². The van der Waals surface area contributed by atoms with Crippen LogP contribution in [0.25, 0.3) is 0 Å². The van der Waals surface area contributed by atoms with Crippen molar-refractivity contribution in [1.82, 2.24) is 9.78 Å². The topological polar surface area (TPSA) is 53.1 Å². The lowest BCUT2D eigenvalue weighted by Crippen LogP contribution is -2.17. The van der Waals surface area contributed by atoms with Crippen LogP contribution in [0, 0.1) is 5.82 Å². The zero-order valence-electron chi connectivity index (χ0n) is 12.1. The standard InChI is InChI=1S/C15H20FN3O/c1-4-11-9-13(19(5-2)18-11)15(17)10-6-7-14(20-3)12(16)8-10/h6-9,15H,4-5,17H2,1-3H3. The Hall–Kier alpha value is -1.88. The first-order chi connectivity index (χ1) is 9.60. The highest BCUT2D eigenvalue weighted by Crippen LogP contribution is 2.25. The van der Waals surface area contributed by atoms with Crippen LogP contribution >= 0.6 is 0 Å². The Balaban J connectivity index is 2.37. The van der Waals surface area contributed by atoms with Gasteiger partial charge in [0.1, 0.15) is 0 Å². The van der Waals surface area contributed by atoms with E-state index in [9.17, 15) is 4.39 Å². The largest absolute Gasteiger partial charge is 0.494 e. The Morgan fingerprint density at radius 2 is 2.10 bits per heavy atom. The van der Waals surface area contributed by atoms with Gasteiger partial charge in [0.15, 0.2) is 11.6 Å². The van der Waals surface area contributed by atoms with Gasteiger partial charge in [-0.25, -0.2) is 4.39 Å². The first kappa shape index (κ1) is 14.5. The van der Waals surface area contributed by atoms with Gasteiger partial charge in [0.25, 0.3) is 0 Å². The fourth-order valence-electron chi connectivity index (χ4n) is 2.21. The van der Waals surface area contributed by atoms with Crippen LogP contribution in [0.5, 0.6) is 5.75 Å². The van der Waals surface area contributed by atoms with Gasteiger partial charge in [-0.2, -0.15) is 5.10 Å². The third-order valence-electron chi connectivity index (χ3n) is 3.38. The predicted octanol–water partition coefficient (Wildman–Crippen LogP) is 2.66. The average Bonchev–Trinajstić information content (AvgIpc) is 2.89. The number of rotatable bonds is 5. The summed E-state index contributed by atoms with van der Waals surface area (Å²) in [5, 5.41) is 4.47. The van der Waals surface area contributed by atoms with Gasteiger partial charge < -0.3 is 10.5 Å². The number of nitrogens with two attached hydrogens (primary N) is 1. The second kappa shape index (κ2) is 6.05. The number of halogens is 1. The maximum absolute atomic E-state index is 13.8. The highest BCUT2D eigenvalue weighted by Gasteiger charge is 2.17. The number of methoxy groups -OCH3 is 1. The Labute approximate surface area is 118 Å². The van der Waals surface area contributed by atoms with Crippen LogP contribution in [0.1, 0.15) is 36.8 Å². The van der Waals surface area contributed by atoms with E-state index in [2.05, 4.69) is 5.10 Å². The summed E-state index contributed by atoms with van der Waals surface area (Å²) in [6, 6.07) is 6.38. The first-order valence-corrected chi connectivity index (χ1v) is 6.76. The first-order valence-electron chi connectivity index (χ1n) is 6.76. The number of hydrogen-bond donors (Lipinski definition) is 1. The van der Waals surface area contributed by atoms with E-state index in [0.717, 1.165) is 24.4 Å². The maximum Gasteiger partial charge on any atom is 0.165 e. The number of nitrogens with zero attached hydrogens (tertiary/aromatic N) is 2. The molecule has 0 spiro atoms. The van der Waals surface area contributed by atoms with E-state index >= 15 is 0 Å². The summed E-state index contributed by atoms with van der Waals surface area (Å²) in [5.74, 6) is -0.182. The molecular formula is C15H20FN3O. The van der Waals surface area contributed by atoms with E-state index in [0.29, 0.717) is 5.56 Å². The van der Waals surface area contributed by atoms with Crippen molar-refractivity contribution < 1.29 is 9.13 Å². The molecular weight excluding hydrogens is 257 g/mol. The van der Waals surface area contributed by atoms with E-state index in [4.69, 9.17) is 10.5 Å². The highest BCUT2D eigenvalue weighted by molar-refractivity contribution is 5.35. The van der Waals surface area contributed by atoms with Gasteiger partial charge in [-0.05, 0) is 37.1 Å². The van der Waals surface area contributed by atoms with Crippen molar-refractivity contribution >= 4 is 0 Å². The lowest BCUT2D eigenvalue weighted by Gasteiger charge is -2.14. The van der Waals surface area contributed by atoms with Crippen LogP contribution in [0.4, 0.5) is 4.39 Å². The molecule has 0 saturated heterocycles. The van der Waals surface area contributed by atoms with Gasteiger partial charge in [0.2, 0.25) is 0 Å². The molecule has 0 aliphatic carbocycles. The minimum atomic E-state index is -0.404. The highest BCUT2D eigenvalue weighted by atomic mass is 19.1. The molecule has 0 saturated carbocycles. The van der Waals surface area contributed by atoms with Crippen molar-refractivity contribution in [2.24, 2.45) is 5.73 Å². The zero-order chi connectivity index (χ0) is 14.7. The maximum atomic E-state index is 13.8. The number of aromatic nitrogens is 2. The molecule has 0 aliphatic heterocycles. The second-order valence-electron chi connectivity index (χ2n) is 4.60. The molecule has 0 aliphatic rings. The Morgan fingerprint density at radius 1 is 1.35 bits per heavy atom.